The van der Waals surface area contributed by atoms with E-state index >= 15 is 0 Å². The number of esters is 1. The maximum absolute atomic E-state index is 11.9. The molecule has 5 nitrogen and oxygen atoms in total. The first kappa shape index (κ1) is 17.2. The SMILES string of the molecule is Cc1ccc2c(COC(=O)COc3cccc(Br)c3)cc(=O)oc2c1. The van der Waals surface area contributed by atoms with E-state index in [1.807, 2.05) is 31.2 Å². The van der Waals surface area contributed by atoms with Gasteiger partial charge in [-0.1, -0.05) is 34.1 Å². The van der Waals surface area contributed by atoms with Gasteiger partial charge >= 0.3 is 11.6 Å². The van der Waals surface area contributed by atoms with Crippen LogP contribution in [0.4, 0.5) is 0 Å². The van der Waals surface area contributed by atoms with E-state index in [0.717, 1.165) is 15.4 Å². The number of rotatable bonds is 5. The van der Waals surface area contributed by atoms with Crippen molar-refractivity contribution < 1.29 is 18.7 Å². The lowest BCUT2D eigenvalue weighted by Crippen LogP contribution is -2.15. The predicted octanol–water partition coefficient (Wildman–Crippen LogP) is 3.99. The van der Waals surface area contributed by atoms with Gasteiger partial charge in [-0.2, -0.15) is 0 Å². The van der Waals surface area contributed by atoms with Crippen LogP contribution >= 0.6 is 15.9 Å². The largest absolute Gasteiger partial charge is 0.482 e. The van der Waals surface area contributed by atoms with Crippen molar-refractivity contribution in [2.45, 2.75) is 13.5 Å². The lowest BCUT2D eigenvalue weighted by Gasteiger charge is -2.09. The molecule has 0 aliphatic heterocycles. The van der Waals surface area contributed by atoms with E-state index in [1.165, 1.54) is 6.07 Å². The van der Waals surface area contributed by atoms with Crippen LogP contribution in [-0.4, -0.2) is 12.6 Å². The molecule has 0 fully saturated rings. The van der Waals surface area contributed by atoms with Crippen LogP contribution in [0.3, 0.4) is 0 Å². The average molecular weight is 403 g/mol. The van der Waals surface area contributed by atoms with Crippen LogP contribution in [0.2, 0.25) is 0 Å². The van der Waals surface area contributed by atoms with Crippen molar-refractivity contribution in [3.05, 3.63) is 74.6 Å². The normalized spacial score (nSPS) is 10.6. The zero-order chi connectivity index (χ0) is 17.8. The third-order valence-corrected chi connectivity index (χ3v) is 4.02. The summed E-state index contributed by atoms with van der Waals surface area (Å²) in [6.07, 6.45) is 0. The quantitative estimate of drug-likeness (QED) is 0.476. The fourth-order valence-corrected chi connectivity index (χ4v) is 2.73. The number of fused-ring (bicyclic) bond motifs is 1. The molecule has 3 rings (SSSR count). The van der Waals surface area contributed by atoms with E-state index in [4.69, 9.17) is 13.9 Å². The summed E-state index contributed by atoms with van der Waals surface area (Å²) in [7, 11) is 0. The molecule has 1 heterocycles. The molecule has 0 saturated carbocycles. The van der Waals surface area contributed by atoms with E-state index in [-0.39, 0.29) is 13.2 Å². The van der Waals surface area contributed by atoms with Gasteiger partial charge in [0.1, 0.15) is 17.9 Å². The maximum atomic E-state index is 11.9. The Morgan fingerprint density at radius 1 is 1.16 bits per heavy atom. The molecule has 3 aromatic rings. The van der Waals surface area contributed by atoms with Gasteiger partial charge in [0.15, 0.2) is 6.61 Å². The number of carbonyl (C=O) groups excluding carboxylic acids is 1. The molecule has 1 aromatic heterocycles. The molecule has 0 saturated heterocycles. The third kappa shape index (κ3) is 4.48. The summed E-state index contributed by atoms with van der Waals surface area (Å²) in [5.41, 5.74) is 1.58. The van der Waals surface area contributed by atoms with Crippen LogP contribution in [0.5, 0.6) is 5.75 Å². The molecule has 128 valence electrons. The molecule has 0 bridgehead atoms. The molecular formula is C19H15BrO5. The molecule has 0 atom stereocenters. The van der Waals surface area contributed by atoms with Crippen LogP contribution in [0.1, 0.15) is 11.1 Å². The molecule has 2 aromatic carbocycles. The number of benzene rings is 2. The van der Waals surface area contributed by atoms with Gasteiger partial charge < -0.3 is 13.9 Å². The highest BCUT2D eigenvalue weighted by Gasteiger charge is 2.10. The molecule has 0 aliphatic rings. The van der Waals surface area contributed by atoms with Gasteiger partial charge in [0, 0.05) is 21.5 Å². The van der Waals surface area contributed by atoms with E-state index in [2.05, 4.69) is 15.9 Å². The van der Waals surface area contributed by atoms with Gasteiger partial charge in [-0.15, -0.1) is 0 Å². The molecular weight excluding hydrogens is 388 g/mol. The number of aryl methyl sites for hydroxylation is 1. The van der Waals surface area contributed by atoms with Gasteiger partial charge in [-0.3, -0.25) is 0 Å². The summed E-state index contributed by atoms with van der Waals surface area (Å²) in [4.78, 5) is 23.6. The molecule has 25 heavy (non-hydrogen) atoms. The van der Waals surface area contributed by atoms with Crippen molar-refractivity contribution in [3.8, 4) is 5.75 Å². The standard InChI is InChI=1S/C19H15BrO5/c1-12-5-6-16-13(8-18(21)25-17(16)7-12)10-24-19(22)11-23-15-4-2-3-14(20)9-15/h2-9H,10-11H2,1H3. The van der Waals surface area contributed by atoms with Crippen LogP contribution in [0.25, 0.3) is 11.0 Å². The number of carbonyl (C=O) groups is 1. The van der Waals surface area contributed by atoms with E-state index in [1.54, 1.807) is 18.2 Å². The summed E-state index contributed by atoms with van der Waals surface area (Å²) < 4.78 is 16.6. The second-order valence-electron chi connectivity index (χ2n) is 5.50. The first-order valence-electron chi connectivity index (χ1n) is 7.58. The van der Waals surface area contributed by atoms with Crippen molar-refractivity contribution in [2.24, 2.45) is 0 Å². The maximum Gasteiger partial charge on any atom is 0.344 e. The molecule has 0 aliphatic carbocycles. The number of hydrogen-bond donors (Lipinski definition) is 0. The predicted molar refractivity (Wildman–Crippen MR) is 96.7 cm³/mol. The topological polar surface area (TPSA) is 65.7 Å². The number of hydrogen-bond acceptors (Lipinski definition) is 5. The molecule has 0 amide bonds. The Hall–Kier alpha value is -2.60. The van der Waals surface area contributed by atoms with E-state index in [0.29, 0.717) is 16.9 Å². The van der Waals surface area contributed by atoms with Gasteiger partial charge in [-0.05, 0) is 36.8 Å². The monoisotopic (exact) mass is 402 g/mol. The van der Waals surface area contributed by atoms with Crippen molar-refractivity contribution in [1.82, 2.24) is 0 Å². The Bertz CT molecular complexity index is 977. The van der Waals surface area contributed by atoms with Crippen LogP contribution < -0.4 is 10.4 Å². The fourth-order valence-electron chi connectivity index (χ4n) is 2.36. The Labute approximate surface area is 152 Å². The minimum atomic E-state index is -0.520. The van der Waals surface area contributed by atoms with Crippen molar-refractivity contribution in [2.75, 3.05) is 6.61 Å². The summed E-state index contributed by atoms with van der Waals surface area (Å²) >= 11 is 3.33. The van der Waals surface area contributed by atoms with Gasteiger partial charge in [0.2, 0.25) is 0 Å². The summed E-state index contributed by atoms with van der Waals surface area (Å²) in [5, 5.41) is 0.742. The molecule has 0 unspecified atom stereocenters. The number of halogens is 1. The Balaban J connectivity index is 1.66. The number of ether oxygens (including phenoxy) is 2. The highest BCUT2D eigenvalue weighted by atomic mass is 79.9. The minimum absolute atomic E-state index is 0.0220. The van der Waals surface area contributed by atoms with Gasteiger partial charge in [0.25, 0.3) is 0 Å². The molecule has 0 radical (unpaired) electrons. The third-order valence-electron chi connectivity index (χ3n) is 3.53. The second kappa shape index (κ2) is 7.53. The highest BCUT2D eigenvalue weighted by molar-refractivity contribution is 9.10. The van der Waals surface area contributed by atoms with Gasteiger partial charge in [0.05, 0.1) is 0 Å². The first-order chi connectivity index (χ1) is 12.0. The Kier molecular flexibility index (Phi) is 5.19. The van der Waals surface area contributed by atoms with Crippen LogP contribution in [0.15, 0.2) is 62.2 Å². The van der Waals surface area contributed by atoms with Gasteiger partial charge in [-0.25, -0.2) is 9.59 Å². The highest BCUT2D eigenvalue weighted by Crippen LogP contribution is 2.20. The fraction of sp³-hybridized carbons (Fsp3) is 0.158. The lowest BCUT2D eigenvalue weighted by molar-refractivity contribution is -0.147. The summed E-state index contributed by atoms with van der Waals surface area (Å²) in [6, 6.07) is 14.0. The zero-order valence-corrected chi connectivity index (χ0v) is 15.0. The molecule has 0 spiro atoms. The van der Waals surface area contributed by atoms with Crippen LogP contribution in [0, 0.1) is 6.92 Å². The van der Waals surface area contributed by atoms with Crippen molar-refractivity contribution in [1.29, 1.82) is 0 Å². The smallest absolute Gasteiger partial charge is 0.344 e. The van der Waals surface area contributed by atoms with Crippen molar-refractivity contribution in [3.63, 3.8) is 0 Å². The molecule has 6 heteroatoms. The summed E-state index contributed by atoms with van der Waals surface area (Å²) in [5.74, 6) is 0.0427. The summed E-state index contributed by atoms with van der Waals surface area (Å²) in [6.45, 7) is 1.67. The second-order valence-corrected chi connectivity index (χ2v) is 6.41. The van der Waals surface area contributed by atoms with Crippen molar-refractivity contribution >= 4 is 32.9 Å². The Morgan fingerprint density at radius 2 is 2.00 bits per heavy atom. The van der Waals surface area contributed by atoms with E-state index in [9.17, 15) is 9.59 Å². The van der Waals surface area contributed by atoms with E-state index < -0.39 is 11.6 Å². The zero-order valence-electron chi connectivity index (χ0n) is 13.5. The lowest BCUT2D eigenvalue weighted by atomic mass is 10.1. The minimum Gasteiger partial charge on any atom is -0.482 e. The van der Waals surface area contributed by atoms with Crippen LogP contribution in [-0.2, 0) is 16.1 Å². The average Bonchev–Trinajstić information content (AvgIpc) is 2.57. The molecule has 0 N–H and O–H groups in total. The first-order valence-corrected chi connectivity index (χ1v) is 8.38. The Morgan fingerprint density at radius 3 is 2.80 bits per heavy atom.